The van der Waals surface area contributed by atoms with Crippen LogP contribution in [-0.4, -0.2) is 12.4 Å². The third-order valence-electron chi connectivity index (χ3n) is 1.62. The molecule has 15 heavy (non-hydrogen) atoms. The zero-order valence-corrected chi connectivity index (χ0v) is 8.32. The number of ketones is 1. The molecule has 0 heterocycles. The molecule has 0 radical (unpaired) electrons. The number of carbonyl (C=O) groups is 1. The Labute approximate surface area is 88.6 Å². The highest BCUT2D eigenvalue weighted by Crippen LogP contribution is 2.28. The van der Waals surface area contributed by atoms with E-state index in [1.165, 1.54) is 0 Å². The Kier molecular flexibility index (Phi) is 3.57. The number of benzene rings is 1. The summed E-state index contributed by atoms with van der Waals surface area (Å²) in [5.41, 5.74) is -0.449. The summed E-state index contributed by atoms with van der Waals surface area (Å²) in [5.74, 6) is -2.52. The molecule has 0 bridgehead atoms. The second kappa shape index (κ2) is 4.53. The fourth-order valence-corrected chi connectivity index (χ4v) is 1.32. The predicted octanol–water partition coefficient (Wildman–Crippen LogP) is 3.28. The van der Waals surface area contributed by atoms with Gasteiger partial charge in [-0.3, -0.25) is 4.79 Å². The number of rotatable bonds is 3. The molecule has 0 amide bonds. The molecule has 0 atom stereocenters. The van der Waals surface area contributed by atoms with Gasteiger partial charge in [0.15, 0.2) is 17.3 Å². The van der Waals surface area contributed by atoms with Crippen LogP contribution in [0.4, 0.5) is 13.2 Å². The first-order valence-electron chi connectivity index (χ1n) is 3.87. The van der Waals surface area contributed by atoms with E-state index in [0.29, 0.717) is 0 Å². The van der Waals surface area contributed by atoms with Crippen LogP contribution in [0.1, 0.15) is 17.3 Å². The van der Waals surface area contributed by atoms with Crippen molar-refractivity contribution < 1.29 is 22.7 Å². The van der Waals surface area contributed by atoms with Crippen molar-refractivity contribution in [1.29, 1.82) is 0 Å². The predicted molar refractivity (Wildman–Crippen MR) is 48.0 cm³/mol. The van der Waals surface area contributed by atoms with Gasteiger partial charge in [0.05, 0.1) is 10.6 Å². The minimum Gasteiger partial charge on any atom is -0.432 e. The van der Waals surface area contributed by atoms with Gasteiger partial charge in [0, 0.05) is 0 Å². The molecule has 1 aromatic carbocycles. The zero-order valence-electron chi connectivity index (χ0n) is 7.56. The number of Topliss-reactive ketones (excluding diaryl/α,β-unsaturated/α-hetero) is 1. The van der Waals surface area contributed by atoms with E-state index in [1.54, 1.807) is 0 Å². The molecular weight excluding hydrogens is 233 g/mol. The lowest BCUT2D eigenvalue weighted by Crippen LogP contribution is -2.07. The molecule has 0 fully saturated rings. The van der Waals surface area contributed by atoms with Crippen molar-refractivity contribution in [3.05, 3.63) is 28.5 Å². The molecule has 0 saturated carbocycles. The van der Waals surface area contributed by atoms with Crippen LogP contribution in [0.5, 0.6) is 5.75 Å². The summed E-state index contributed by atoms with van der Waals surface area (Å²) in [5, 5.41) is -0.137. The Morgan fingerprint density at radius 2 is 2.07 bits per heavy atom. The van der Waals surface area contributed by atoms with Crippen molar-refractivity contribution in [3.8, 4) is 5.75 Å². The molecule has 0 aliphatic carbocycles. The lowest BCUT2D eigenvalue weighted by molar-refractivity contribution is -0.0522. The van der Waals surface area contributed by atoms with Crippen molar-refractivity contribution in [2.75, 3.05) is 0 Å². The summed E-state index contributed by atoms with van der Waals surface area (Å²) >= 11 is 5.53. The van der Waals surface area contributed by atoms with Gasteiger partial charge in [-0.25, -0.2) is 4.39 Å². The second-order valence-electron chi connectivity index (χ2n) is 2.67. The summed E-state index contributed by atoms with van der Waals surface area (Å²) < 4.78 is 40.9. The average molecular weight is 239 g/mol. The summed E-state index contributed by atoms with van der Waals surface area (Å²) in [6.45, 7) is -2.07. The third-order valence-corrected chi connectivity index (χ3v) is 1.94. The lowest BCUT2D eigenvalue weighted by atomic mass is 10.1. The van der Waals surface area contributed by atoms with E-state index in [-0.39, 0.29) is 5.02 Å². The van der Waals surface area contributed by atoms with E-state index in [2.05, 4.69) is 4.74 Å². The first-order chi connectivity index (χ1) is 6.93. The van der Waals surface area contributed by atoms with Gasteiger partial charge < -0.3 is 4.74 Å². The van der Waals surface area contributed by atoms with Crippen LogP contribution >= 0.6 is 11.6 Å². The first kappa shape index (κ1) is 11.8. The number of carbonyl (C=O) groups excluding carboxylic acids is 1. The Morgan fingerprint density at radius 3 is 2.53 bits per heavy atom. The van der Waals surface area contributed by atoms with Crippen LogP contribution in [-0.2, 0) is 0 Å². The number of ether oxygens (including phenoxy) is 1. The Morgan fingerprint density at radius 1 is 1.47 bits per heavy atom. The molecule has 82 valence electrons. The van der Waals surface area contributed by atoms with Gasteiger partial charge in [0.25, 0.3) is 0 Å². The first-order valence-corrected chi connectivity index (χ1v) is 4.25. The molecule has 0 aliphatic rings. The third kappa shape index (κ3) is 2.62. The quantitative estimate of drug-likeness (QED) is 0.756. The molecule has 0 aromatic heterocycles. The molecule has 0 spiro atoms. The topological polar surface area (TPSA) is 26.3 Å². The Hall–Kier alpha value is -1.23. The monoisotopic (exact) mass is 238 g/mol. The number of hydrogen-bond donors (Lipinski definition) is 0. The fraction of sp³-hybridized carbons (Fsp3) is 0.222. The van der Waals surface area contributed by atoms with Crippen LogP contribution in [0.25, 0.3) is 0 Å². The van der Waals surface area contributed by atoms with E-state index >= 15 is 0 Å². The van der Waals surface area contributed by atoms with Crippen LogP contribution < -0.4 is 4.74 Å². The smallest absolute Gasteiger partial charge is 0.387 e. The van der Waals surface area contributed by atoms with Crippen molar-refractivity contribution >= 4 is 17.4 Å². The molecule has 0 N–H and O–H groups in total. The molecule has 0 aliphatic heterocycles. The number of hydrogen-bond acceptors (Lipinski definition) is 2. The summed E-state index contributed by atoms with van der Waals surface area (Å²) in [4.78, 5) is 11.0. The molecule has 6 heteroatoms. The summed E-state index contributed by atoms with van der Waals surface area (Å²) in [7, 11) is 0. The maximum atomic E-state index is 13.4. The maximum absolute atomic E-state index is 13.4. The van der Waals surface area contributed by atoms with Crippen molar-refractivity contribution in [2.45, 2.75) is 13.5 Å². The van der Waals surface area contributed by atoms with Crippen LogP contribution in [0.3, 0.4) is 0 Å². The van der Waals surface area contributed by atoms with Crippen molar-refractivity contribution in [3.63, 3.8) is 0 Å². The standard InChI is InChI=1S/C9H6ClF3O2/c1-4(14)7-5(10)2-3-6(8(7)11)15-9(12)13/h2-3,9H,1H3. The summed E-state index contributed by atoms with van der Waals surface area (Å²) in [6.07, 6.45) is 0. The van der Waals surface area contributed by atoms with E-state index < -0.39 is 29.5 Å². The normalized spacial score (nSPS) is 10.5. The van der Waals surface area contributed by atoms with E-state index in [9.17, 15) is 18.0 Å². The number of alkyl halides is 2. The van der Waals surface area contributed by atoms with Gasteiger partial charge in [0.1, 0.15) is 0 Å². The SMILES string of the molecule is CC(=O)c1c(Cl)ccc(OC(F)F)c1F. The second-order valence-corrected chi connectivity index (χ2v) is 3.08. The molecule has 2 nitrogen and oxygen atoms in total. The van der Waals surface area contributed by atoms with Gasteiger partial charge in [-0.05, 0) is 19.1 Å². The van der Waals surface area contributed by atoms with Gasteiger partial charge >= 0.3 is 6.61 Å². The summed E-state index contributed by atoms with van der Waals surface area (Å²) in [6, 6.07) is 2.06. The van der Waals surface area contributed by atoms with Crippen LogP contribution in [0.15, 0.2) is 12.1 Å². The molecule has 0 saturated heterocycles. The van der Waals surface area contributed by atoms with E-state index in [0.717, 1.165) is 19.1 Å². The average Bonchev–Trinajstić information content (AvgIpc) is 2.09. The molecule has 1 aromatic rings. The van der Waals surface area contributed by atoms with Crippen molar-refractivity contribution in [2.24, 2.45) is 0 Å². The minimum atomic E-state index is -3.15. The fourth-order valence-electron chi connectivity index (χ4n) is 1.04. The van der Waals surface area contributed by atoms with E-state index in [1.807, 2.05) is 0 Å². The van der Waals surface area contributed by atoms with Gasteiger partial charge in [0.2, 0.25) is 0 Å². The van der Waals surface area contributed by atoms with E-state index in [4.69, 9.17) is 11.6 Å². The zero-order chi connectivity index (χ0) is 11.6. The number of halogens is 4. The molecule has 0 unspecified atom stereocenters. The Bertz CT molecular complexity index is 393. The maximum Gasteiger partial charge on any atom is 0.387 e. The highest BCUT2D eigenvalue weighted by atomic mass is 35.5. The van der Waals surface area contributed by atoms with Crippen molar-refractivity contribution in [1.82, 2.24) is 0 Å². The van der Waals surface area contributed by atoms with Crippen LogP contribution in [0.2, 0.25) is 5.02 Å². The lowest BCUT2D eigenvalue weighted by Gasteiger charge is -2.08. The highest BCUT2D eigenvalue weighted by molar-refractivity contribution is 6.33. The van der Waals surface area contributed by atoms with Crippen LogP contribution in [0, 0.1) is 5.82 Å². The largest absolute Gasteiger partial charge is 0.432 e. The minimum absolute atomic E-state index is 0.137. The Balaban J connectivity index is 3.22. The van der Waals surface area contributed by atoms with Gasteiger partial charge in [-0.15, -0.1) is 0 Å². The van der Waals surface area contributed by atoms with Gasteiger partial charge in [-0.1, -0.05) is 11.6 Å². The van der Waals surface area contributed by atoms with Gasteiger partial charge in [-0.2, -0.15) is 8.78 Å². The molecular formula is C9H6ClF3O2. The molecule has 1 rings (SSSR count). The highest BCUT2D eigenvalue weighted by Gasteiger charge is 2.19.